The second-order valence-electron chi connectivity index (χ2n) is 2.71. The maximum atomic E-state index is 10.9. The zero-order valence-electron chi connectivity index (χ0n) is 7.79. The number of aromatic nitrogens is 2. The Labute approximate surface area is 122 Å². The molecule has 2 heterocycles. The van der Waals surface area contributed by atoms with E-state index in [4.69, 9.17) is 0 Å². The summed E-state index contributed by atoms with van der Waals surface area (Å²) in [5.41, 5.74) is 2.57. The molecule has 0 atom stereocenters. The predicted molar refractivity (Wildman–Crippen MR) is 48.7 cm³/mol. The Hall–Kier alpha value is 0.476. The van der Waals surface area contributed by atoms with Gasteiger partial charge in [-0.15, -0.1) is 0 Å². The smallest absolute Gasteiger partial charge is 0.439 e. The molecule has 0 radical (unpaired) electrons. The van der Waals surface area contributed by atoms with Crippen molar-refractivity contribution < 1.29 is 51.4 Å². The quantitative estimate of drug-likeness (QED) is 0.492. The standard InChI is InChI=1S/C8H8N2OS.K/c1-4-3-5(2)9-7-6(4)12-8(11)10-7;/h3H,1-2H3,(H,9,10,11);/q;+1/p-1. The van der Waals surface area contributed by atoms with Crippen molar-refractivity contribution in [3.05, 3.63) is 27.0 Å². The van der Waals surface area contributed by atoms with Crippen LogP contribution >= 0.6 is 11.3 Å². The first kappa shape index (κ1) is 11.6. The van der Waals surface area contributed by atoms with Crippen molar-refractivity contribution in [2.24, 2.45) is 0 Å². The second-order valence-corrected chi connectivity index (χ2v) is 3.67. The van der Waals surface area contributed by atoms with Gasteiger partial charge in [-0.05, 0) is 25.1 Å². The van der Waals surface area contributed by atoms with E-state index >= 15 is 0 Å². The van der Waals surface area contributed by atoms with Crippen LogP contribution in [-0.4, -0.2) is 4.98 Å². The molecule has 0 aromatic carbocycles. The van der Waals surface area contributed by atoms with Gasteiger partial charge in [0, 0.05) is 4.70 Å². The van der Waals surface area contributed by atoms with Crippen molar-refractivity contribution in [1.29, 1.82) is 0 Å². The molecule has 2 aromatic rings. The second kappa shape index (κ2) is 4.33. The Balaban J connectivity index is 0.000000845. The van der Waals surface area contributed by atoms with Crippen molar-refractivity contribution in [2.75, 3.05) is 0 Å². The average Bonchev–Trinajstić information content (AvgIpc) is 2.29. The third-order valence-electron chi connectivity index (χ3n) is 1.66. The van der Waals surface area contributed by atoms with E-state index in [-0.39, 0.29) is 56.3 Å². The molecule has 0 aliphatic carbocycles. The number of rotatable bonds is 0. The summed E-state index contributed by atoms with van der Waals surface area (Å²) < 4.78 is 0.908. The van der Waals surface area contributed by atoms with Crippen molar-refractivity contribution in [3.63, 3.8) is 0 Å². The van der Waals surface area contributed by atoms with E-state index in [1.54, 1.807) is 0 Å². The maximum absolute atomic E-state index is 10.9. The Morgan fingerprint density at radius 3 is 2.85 bits per heavy atom. The number of nitrogens with zero attached hydrogens (tertiary/aromatic N) is 2. The molecule has 2 aromatic heterocycles. The van der Waals surface area contributed by atoms with Crippen molar-refractivity contribution in [3.8, 4) is 0 Å². The Morgan fingerprint density at radius 1 is 1.46 bits per heavy atom. The summed E-state index contributed by atoms with van der Waals surface area (Å²) in [7, 11) is 0. The molecule has 0 N–H and O–H groups in total. The van der Waals surface area contributed by atoms with Crippen molar-refractivity contribution in [2.45, 2.75) is 13.8 Å². The average molecular weight is 218 g/mol. The fourth-order valence-corrected chi connectivity index (χ4v) is 1.91. The summed E-state index contributed by atoms with van der Waals surface area (Å²) in [5, 5.41) is 0. The van der Waals surface area contributed by atoms with Crippen LogP contribution in [0.2, 0.25) is 0 Å². The van der Waals surface area contributed by atoms with Crippen LogP contribution < -0.4 is 61.2 Å². The molecule has 0 bridgehead atoms. The number of fused-ring (bicyclic) bond motifs is 1. The topological polar surface area (TPSA) is 44.1 Å². The van der Waals surface area contributed by atoms with E-state index in [2.05, 4.69) is 9.97 Å². The third kappa shape index (κ3) is 2.29. The van der Waals surface area contributed by atoms with E-state index in [1.807, 2.05) is 19.9 Å². The first-order valence-corrected chi connectivity index (χ1v) is 4.40. The van der Waals surface area contributed by atoms with Gasteiger partial charge >= 0.3 is 51.4 Å². The summed E-state index contributed by atoms with van der Waals surface area (Å²) >= 11 is 1.16. The summed E-state index contributed by atoms with van der Waals surface area (Å²) in [6.45, 7) is 3.87. The van der Waals surface area contributed by atoms with Crippen LogP contribution in [0.3, 0.4) is 0 Å². The largest absolute Gasteiger partial charge is 1.00 e. The number of aryl methyl sites for hydroxylation is 2. The van der Waals surface area contributed by atoms with Gasteiger partial charge in [0.25, 0.3) is 0 Å². The van der Waals surface area contributed by atoms with Crippen LogP contribution in [0, 0.1) is 13.8 Å². The summed E-state index contributed by atoms with van der Waals surface area (Å²) in [5.74, 6) is 0. The van der Waals surface area contributed by atoms with Crippen LogP contribution in [0.1, 0.15) is 11.3 Å². The van der Waals surface area contributed by atoms with Gasteiger partial charge in [0.05, 0.1) is 0 Å². The van der Waals surface area contributed by atoms with Gasteiger partial charge in [-0.2, -0.15) is 0 Å². The molecule has 0 saturated carbocycles. The molecular weight excluding hydrogens is 211 g/mol. The molecule has 0 unspecified atom stereocenters. The van der Waals surface area contributed by atoms with Gasteiger partial charge < -0.3 is 9.97 Å². The molecule has 0 amide bonds. The Bertz CT molecular complexity index is 488. The maximum Gasteiger partial charge on any atom is 1.00 e. The van der Waals surface area contributed by atoms with Gasteiger partial charge in [-0.3, -0.25) is 4.79 Å². The van der Waals surface area contributed by atoms with E-state index in [0.29, 0.717) is 5.65 Å². The monoisotopic (exact) mass is 218 g/mol. The van der Waals surface area contributed by atoms with E-state index < -0.39 is 0 Å². The molecule has 0 fully saturated rings. The molecule has 62 valence electrons. The molecule has 0 aliphatic rings. The van der Waals surface area contributed by atoms with Gasteiger partial charge in [0.2, 0.25) is 4.87 Å². The first-order chi connectivity index (χ1) is 5.66. The molecule has 13 heavy (non-hydrogen) atoms. The van der Waals surface area contributed by atoms with Crippen LogP contribution in [0.15, 0.2) is 10.9 Å². The summed E-state index contributed by atoms with van der Waals surface area (Å²) in [6, 6.07) is 1.96. The minimum atomic E-state index is -0.161. The number of thiazole rings is 1. The summed E-state index contributed by atoms with van der Waals surface area (Å²) in [4.78, 5) is 18.7. The normalized spacial score (nSPS) is 10.0. The molecular formula is C8H7KN2OS. The van der Waals surface area contributed by atoms with Gasteiger partial charge in [0.1, 0.15) is 0 Å². The predicted octanol–water partition coefficient (Wildman–Crippen LogP) is -1.77. The van der Waals surface area contributed by atoms with Crippen molar-refractivity contribution >= 4 is 21.7 Å². The molecule has 0 saturated heterocycles. The van der Waals surface area contributed by atoms with Crippen LogP contribution in [0.25, 0.3) is 10.3 Å². The number of hydrogen-bond donors (Lipinski definition) is 0. The number of hydrogen-bond acceptors (Lipinski definition) is 3. The fourth-order valence-electron chi connectivity index (χ4n) is 1.20. The zero-order valence-corrected chi connectivity index (χ0v) is 11.7. The Kier molecular flexibility index (Phi) is 3.85. The van der Waals surface area contributed by atoms with E-state index in [0.717, 1.165) is 27.3 Å². The molecule has 0 aliphatic heterocycles. The number of pyridine rings is 1. The van der Waals surface area contributed by atoms with Crippen LogP contribution in [0.4, 0.5) is 0 Å². The SMILES string of the molecule is Cc1cc(C)c2sc(=O)[n-]c2n1.[K+]. The minimum absolute atomic E-state index is 0. The molecule has 2 rings (SSSR count). The van der Waals surface area contributed by atoms with Crippen molar-refractivity contribution in [1.82, 2.24) is 9.97 Å². The van der Waals surface area contributed by atoms with E-state index in [1.165, 1.54) is 0 Å². The van der Waals surface area contributed by atoms with Gasteiger partial charge in [0.15, 0.2) is 0 Å². The fraction of sp³-hybridized carbons (Fsp3) is 0.250. The molecule has 0 spiro atoms. The van der Waals surface area contributed by atoms with E-state index in [9.17, 15) is 4.79 Å². The minimum Gasteiger partial charge on any atom is -0.439 e. The molecule has 3 nitrogen and oxygen atoms in total. The van der Waals surface area contributed by atoms with Crippen LogP contribution in [-0.2, 0) is 0 Å². The zero-order chi connectivity index (χ0) is 8.72. The first-order valence-electron chi connectivity index (χ1n) is 3.58. The molecule has 5 heteroatoms. The summed E-state index contributed by atoms with van der Waals surface area (Å²) in [6.07, 6.45) is 0. The third-order valence-corrected chi connectivity index (χ3v) is 2.63. The van der Waals surface area contributed by atoms with Gasteiger partial charge in [-0.1, -0.05) is 23.1 Å². The Morgan fingerprint density at radius 2 is 2.15 bits per heavy atom. The van der Waals surface area contributed by atoms with Crippen LogP contribution in [0.5, 0.6) is 0 Å². The van der Waals surface area contributed by atoms with Gasteiger partial charge in [-0.25, -0.2) is 0 Å².